The van der Waals surface area contributed by atoms with E-state index in [1.165, 1.54) is 4.90 Å². The second kappa shape index (κ2) is 8.87. The largest absolute Gasteiger partial charge is 0.489 e. The molecule has 0 fully saturated rings. The van der Waals surface area contributed by atoms with Gasteiger partial charge in [-0.2, -0.15) is 5.10 Å². The van der Waals surface area contributed by atoms with E-state index in [1.807, 2.05) is 71.5 Å². The monoisotopic (exact) mass is 479 g/mol. The summed E-state index contributed by atoms with van der Waals surface area (Å²) in [6.07, 6.45) is 1.12. The Balaban J connectivity index is 1.61. The van der Waals surface area contributed by atoms with Crippen LogP contribution in [0.3, 0.4) is 0 Å². The Kier molecular flexibility index (Phi) is 6.21. The number of ether oxygens (including phenoxy) is 2. The fourth-order valence-electron chi connectivity index (χ4n) is 4.35. The fraction of sp³-hybridized carbons (Fsp3) is 0.462. The molecule has 186 valence electrons. The molecule has 1 N–H and O–H groups in total. The first-order chi connectivity index (χ1) is 16.4. The summed E-state index contributed by atoms with van der Waals surface area (Å²) in [6.45, 7) is 12.1. The van der Waals surface area contributed by atoms with E-state index in [9.17, 15) is 9.59 Å². The highest BCUT2D eigenvalue weighted by atomic mass is 16.6. The Morgan fingerprint density at radius 1 is 1.14 bits per heavy atom. The van der Waals surface area contributed by atoms with Crippen molar-refractivity contribution in [3.8, 4) is 5.75 Å². The summed E-state index contributed by atoms with van der Waals surface area (Å²) in [7, 11) is 1.91. The molecule has 3 heterocycles. The molecule has 0 saturated heterocycles. The van der Waals surface area contributed by atoms with E-state index in [0.717, 1.165) is 22.2 Å². The molecule has 2 amide bonds. The normalized spacial score (nSPS) is 14.2. The van der Waals surface area contributed by atoms with Crippen molar-refractivity contribution >= 4 is 22.9 Å². The zero-order valence-electron chi connectivity index (χ0n) is 21.4. The number of rotatable bonds is 3. The van der Waals surface area contributed by atoms with Gasteiger partial charge in [0.2, 0.25) is 0 Å². The zero-order valence-corrected chi connectivity index (χ0v) is 21.4. The van der Waals surface area contributed by atoms with Crippen molar-refractivity contribution in [2.75, 3.05) is 13.2 Å². The van der Waals surface area contributed by atoms with Crippen molar-refractivity contribution in [1.29, 1.82) is 0 Å². The van der Waals surface area contributed by atoms with Gasteiger partial charge in [0.1, 0.15) is 17.9 Å². The van der Waals surface area contributed by atoms with Gasteiger partial charge in [0.15, 0.2) is 5.75 Å². The molecule has 0 bridgehead atoms. The van der Waals surface area contributed by atoms with E-state index >= 15 is 0 Å². The van der Waals surface area contributed by atoms with Crippen LogP contribution in [0.15, 0.2) is 30.5 Å². The molecule has 1 aromatic carbocycles. The number of para-hydroxylation sites is 1. The van der Waals surface area contributed by atoms with Gasteiger partial charge in [-0.25, -0.2) is 4.79 Å². The number of aromatic nitrogens is 3. The van der Waals surface area contributed by atoms with Crippen molar-refractivity contribution < 1.29 is 19.1 Å². The van der Waals surface area contributed by atoms with Crippen molar-refractivity contribution in [3.63, 3.8) is 0 Å². The molecule has 9 nitrogen and oxygen atoms in total. The third-order valence-corrected chi connectivity index (χ3v) is 5.91. The molecular weight excluding hydrogens is 446 g/mol. The second-order valence-electron chi connectivity index (χ2n) is 10.4. The van der Waals surface area contributed by atoms with E-state index in [4.69, 9.17) is 14.6 Å². The maximum atomic E-state index is 13.5. The number of fused-ring (bicyclic) bond motifs is 2. The molecule has 0 saturated carbocycles. The first-order valence-corrected chi connectivity index (χ1v) is 11.7. The lowest BCUT2D eigenvalue weighted by molar-refractivity contribution is 0.0223. The number of hydrogen-bond acceptors (Lipinski definition) is 6. The molecule has 3 aromatic rings. The van der Waals surface area contributed by atoms with E-state index in [-0.39, 0.29) is 19.1 Å². The van der Waals surface area contributed by atoms with Crippen LogP contribution >= 0.6 is 0 Å². The van der Waals surface area contributed by atoms with Gasteiger partial charge in [-0.1, -0.05) is 18.2 Å². The molecule has 0 aliphatic carbocycles. The van der Waals surface area contributed by atoms with Crippen molar-refractivity contribution in [2.45, 2.75) is 59.2 Å². The number of pyridine rings is 1. The highest BCUT2D eigenvalue weighted by molar-refractivity contribution is 5.98. The van der Waals surface area contributed by atoms with E-state index < -0.39 is 17.2 Å². The first kappa shape index (κ1) is 24.5. The summed E-state index contributed by atoms with van der Waals surface area (Å²) in [5.41, 5.74) is 2.45. The van der Waals surface area contributed by atoms with Gasteiger partial charge in [0.25, 0.3) is 5.91 Å². The topological polar surface area (TPSA) is 98.6 Å². The summed E-state index contributed by atoms with van der Waals surface area (Å²) in [4.78, 5) is 32.0. The zero-order chi connectivity index (χ0) is 25.5. The third-order valence-electron chi connectivity index (χ3n) is 5.91. The Bertz CT molecular complexity index is 1290. The lowest BCUT2D eigenvalue weighted by Gasteiger charge is -2.26. The van der Waals surface area contributed by atoms with Gasteiger partial charge in [-0.15, -0.1) is 0 Å². The van der Waals surface area contributed by atoms with Gasteiger partial charge in [-0.3, -0.25) is 19.4 Å². The van der Waals surface area contributed by atoms with Gasteiger partial charge in [0.05, 0.1) is 35.4 Å². The van der Waals surface area contributed by atoms with Crippen molar-refractivity contribution in [3.05, 3.63) is 53.0 Å². The molecule has 4 rings (SSSR count). The van der Waals surface area contributed by atoms with Crippen LogP contribution in [0.5, 0.6) is 5.75 Å². The molecule has 0 radical (unpaired) electrons. The lowest BCUT2D eigenvalue weighted by atomic mass is 9.95. The molecule has 9 heteroatoms. The second-order valence-corrected chi connectivity index (χ2v) is 10.4. The van der Waals surface area contributed by atoms with E-state index in [2.05, 4.69) is 10.3 Å². The van der Waals surface area contributed by atoms with Crippen LogP contribution in [-0.2, 0) is 23.9 Å². The smallest absolute Gasteiger partial charge is 0.410 e. The Hall–Kier alpha value is -3.62. The van der Waals surface area contributed by atoms with E-state index in [0.29, 0.717) is 23.6 Å². The van der Waals surface area contributed by atoms with Crippen LogP contribution in [0, 0.1) is 6.92 Å². The first-order valence-electron chi connectivity index (χ1n) is 11.7. The molecule has 0 spiro atoms. The third kappa shape index (κ3) is 4.94. The molecule has 1 aliphatic rings. The highest BCUT2D eigenvalue weighted by Crippen LogP contribution is 2.31. The average Bonchev–Trinajstić information content (AvgIpc) is 2.96. The van der Waals surface area contributed by atoms with Gasteiger partial charge in [-0.05, 0) is 53.2 Å². The predicted octanol–water partition coefficient (Wildman–Crippen LogP) is 4.07. The Morgan fingerprint density at radius 2 is 1.89 bits per heavy atom. The molecule has 1 aliphatic heterocycles. The maximum Gasteiger partial charge on any atom is 0.410 e. The summed E-state index contributed by atoms with van der Waals surface area (Å²) in [5.74, 6) is 0.0828. The number of benzene rings is 1. The average molecular weight is 480 g/mol. The molecule has 35 heavy (non-hydrogen) atoms. The van der Waals surface area contributed by atoms with Crippen LogP contribution in [0.1, 0.15) is 61.9 Å². The molecule has 0 atom stereocenters. The quantitative estimate of drug-likeness (QED) is 0.608. The summed E-state index contributed by atoms with van der Waals surface area (Å²) < 4.78 is 13.3. The van der Waals surface area contributed by atoms with Crippen LogP contribution < -0.4 is 10.1 Å². The van der Waals surface area contributed by atoms with Gasteiger partial charge in [0, 0.05) is 18.6 Å². The molecule has 0 unspecified atom stereocenters. The maximum absolute atomic E-state index is 13.5. The van der Waals surface area contributed by atoms with Crippen molar-refractivity contribution in [2.24, 2.45) is 7.05 Å². The number of amides is 2. The number of aryl methyl sites for hydroxylation is 2. The van der Waals surface area contributed by atoms with Crippen molar-refractivity contribution in [1.82, 2.24) is 25.0 Å². The van der Waals surface area contributed by atoms with Crippen LogP contribution in [0.4, 0.5) is 4.79 Å². The number of nitrogens with one attached hydrogen (secondary N) is 1. The number of nitrogens with zero attached hydrogens (tertiary/aromatic N) is 4. The van der Waals surface area contributed by atoms with Crippen LogP contribution in [0.25, 0.3) is 10.9 Å². The fourth-order valence-corrected chi connectivity index (χ4v) is 4.35. The summed E-state index contributed by atoms with van der Waals surface area (Å²) in [6, 6.07) is 7.69. The Labute approximate surface area is 205 Å². The Morgan fingerprint density at radius 3 is 2.60 bits per heavy atom. The minimum Gasteiger partial charge on any atom is -0.489 e. The standard InChI is InChI=1S/C26H33N5O4/c1-16-9-8-10-17-20(16)30(7)29-22(17)26(5,6)28-23(32)18-11-12-27-19-15-31(13-14-34-21(18)19)24(33)35-25(2,3)4/h8-12H,13-15H2,1-7H3,(H,28,32). The van der Waals surface area contributed by atoms with Gasteiger partial charge >= 0.3 is 6.09 Å². The lowest BCUT2D eigenvalue weighted by Crippen LogP contribution is -2.41. The predicted molar refractivity (Wildman–Crippen MR) is 132 cm³/mol. The SMILES string of the molecule is Cc1cccc2c(C(C)(C)NC(=O)c3ccnc4c3OCCN(C(=O)OC(C)(C)C)C4)nn(C)c12. The van der Waals surface area contributed by atoms with Gasteiger partial charge < -0.3 is 14.8 Å². The summed E-state index contributed by atoms with van der Waals surface area (Å²) in [5, 5.41) is 8.85. The molecule has 2 aromatic heterocycles. The highest BCUT2D eigenvalue weighted by Gasteiger charge is 2.32. The van der Waals surface area contributed by atoms with Crippen LogP contribution in [0.2, 0.25) is 0 Å². The minimum atomic E-state index is -0.756. The minimum absolute atomic E-state index is 0.193. The van der Waals surface area contributed by atoms with E-state index in [1.54, 1.807) is 12.3 Å². The van der Waals surface area contributed by atoms with Crippen LogP contribution in [-0.4, -0.2) is 50.4 Å². The number of hydrogen-bond donors (Lipinski definition) is 1. The number of carbonyl (C=O) groups excluding carboxylic acids is 2. The number of carbonyl (C=O) groups is 2. The molecular formula is C26H33N5O4. The summed E-state index contributed by atoms with van der Waals surface area (Å²) >= 11 is 0.